The second-order valence-corrected chi connectivity index (χ2v) is 5.61. The average molecular weight is 269 g/mol. The quantitative estimate of drug-likeness (QED) is 0.796. The number of nitrogens with zero attached hydrogens (tertiary/aromatic N) is 1. The molecule has 0 spiro atoms. The van der Waals surface area contributed by atoms with Gasteiger partial charge in [-0.2, -0.15) is 0 Å². The monoisotopic (exact) mass is 269 g/mol. The van der Waals surface area contributed by atoms with Gasteiger partial charge in [-0.1, -0.05) is 0 Å². The highest BCUT2D eigenvalue weighted by Crippen LogP contribution is 2.10. The minimum atomic E-state index is -0.510. The number of hydrogen-bond acceptors (Lipinski definition) is 5. The molecule has 1 atom stereocenters. The molecule has 0 aromatic carbocycles. The zero-order valence-corrected chi connectivity index (χ0v) is 12.2. The van der Waals surface area contributed by atoms with Crippen molar-refractivity contribution < 1.29 is 14.3 Å². The van der Waals surface area contributed by atoms with E-state index in [1.165, 1.54) is 0 Å². The van der Waals surface area contributed by atoms with E-state index in [-0.39, 0.29) is 6.04 Å². The third kappa shape index (κ3) is 5.19. The van der Waals surface area contributed by atoms with E-state index >= 15 is 0 Å². The SMILES string of the molecule is C/C(N)=C(\C)C1=NCC(NC(=O)OC(C)(C)C)CO1. The lowest BCUT2D eigenvalue weighted by Crippen LogP contribution is -2.45. The molecule has 0 bridgehead atoms. The van der Waals surface area contributed by atoms with E-state index in [1.54, 1.807) is 6.92 Å². The normalized spacial score (nSPS) is 20.9. The molecule has 0 radical (unpaired) electrons. The van der Waals surface area contributed by atoms with E-state index in [2.05, 4.69) is 10.3 Å². The summed E-state index contributed by atoms with van der Waals surface area (Å²) < 4.78 is 10.7. The number of ether oxygens (including phenoxy) is 2. The molecule has 0 saturated carbocycles. The van der Waals surface area contributed by atoms with Crippen molar-refractivity contribution in [2.24, 2.45) is 10.7 Å². The Bertz CT molecular complexity index is 404. The summed E-state index contributed by atoms with van der Waals surface area (Å²) in [5, 5.41) is 2.72. The molecular weight excluding hydrogens is 246 g/mol. The Morgan fingerprint density at radius 2 is 2.11 bits per heavy atom. The highest BCUT2D eigenvalue weighted by Gasteiger charge is 2.23. The first kappa shape index (κ1) is 15.3. The van der Waals surface area contributed by atoms with Gasteiger partial charge in [0.1, 0.15) is 12.2 Å². The van der Waals surface area contributed by atoms with Gasteiger partial charge >= 0.3 is 6.09 Å². The van der Waals surface area contributed by atoms with Crippen molar-refractivity contribution in [3.8, 4) is 0 Å². The highest BCUT2D eigenvalue weighted by molar-refractivity contribution is 5.93. The van der Waals surface area contributed by atoms with Crippen molar-refractivity contribution in [2.75, 3.05) is 13.2 Å². The predicted octanol–water partition coefficient (Wildman–Crippen LogP) is 1.56. The van der Waals surface area contributed by atoms with Gasteiger partial charge in [-0.25, -0.2) is 9.79 Å². The van der Waals surface area contributed by atoms with Crippen LogP contribution in [0.4, 0.5) is 4.79 Å². The van der Waals surface area contributed by atoms with Crippen molar-refractivity contribution in [2.45, 2.75) is 46.3 Å². The minimum absolute atomic E-state index is 0.176. The number of nitrogens with two attached hydrogens (primary N) is 1. The summed E-state index contributed by atoms with van der Waals surface area (Å²) >= 11 is 0. The fourth-order valence-electron chi connectivity index (χ4n) is 1.43. The maximum absolute atomic E-state index is 11.6. The Kier molecular flexibility index (Phi) is 4.80. The number of carbonyl (C=O) groups excluding carboxylic acids is 1. The number of hydrogen-bond donors (Lipinski definition) is 2. The zero-order valence-electron chi connectivity index (χ0n) is 12.2. The Morgan fingerprint density at radius 3 is 2.53 bits per heavy atom. The number of carbonyl (C=O) groups is 1. The van der Waals surface area contributed by atoms with Gasteiger partial charge in [0.25, 0.3) is 0 Å². The van der Waals surface area contributed by atoms with E-state index in [0.717, 1.165) is 5.57 Å². The molecule has 1 aliphatic heterocycles. The van der Waals surface area contributed by atoms with Crippen LogP contribution in [0.1, 0.15) is 34.6 Å². The van der Waals surface area contributed by atoms with Crippen LogP contribution in [0.15, 0.2) is 16.3 Å². The topological polar surface area (TPSA) is 85.9 Å². The third-order valence-corrected chi connectivity index (χ3v) is 2.51. The van der Waals surface area contributed by atoms with Crippen LogP contribution in [0, 0.1) is 0 Å². The number of amides is 1. The summed E-state index contributed by atoms with van der Waals surface area (Å²) in [5.74, 6) is 0.544. The van der Waals surface area contributed by atoms with Gasteiger partial charge in [-0.05, 0) is 34.6 Å². The van der Waals surface area contributed by atoms with Crippen molar-refractivity contribution in [3.63, 3.8) is 0 Å². The van der Waals surface area contributed by atoms with E-state index in [4.69, 9.17) is 15.2 Å². The lowest BCUT2D eigenvalue weighted by atomic mass is 10.2. The van der Waals surface area contributed by atoms with Gasteiger partial charge in [0.2, 0.25) is 5.90 Å². The van der Waals surface area contributed by atoms with Crippen LogP contribution < -0.4 is 11.1 Å². The molecule has 19 heavy (non-hydrogen) atoms. The van der Waals surface area contributed by atoms with E-state index < -0.39 is 11.7 Å². The molecule has 1 aliphatic rings. The minimum Gasteiger partial charge on any atom is -0.475 e. The first-order valence-corrected chi connectivity index (χ1v) is 6.29. The lowest BCUT2D eigenvalue weighted by molar-refractivity contribution is 0.0483. The van der Waals surface area contributed by atoms with Crippen LogP contribution in [0.25, 0.3) is 0 Å². The van der Waals surface area contributed by atoms with Gasteiger partial charge in [0.05, 0.1) is 12.6 Å². The van der Waals surface area contributed by atoms with Crippen LogP contribution in [0.5, 0.6) is 0 Å². The molecule has 1 unspecified atom stereocenters. The number of allylic oxidation sites excluding steroid dienone is 1. The Labute approximate surface area is 114 Å². The Hall–Kier alpha value is -1.72. The standard InChI is InChI=1S/C13H23N3O3/c1-8(9(2)14)11-15-6-10(7-18-11)16-12(17)19-13(3,4)5/h10H,6-7,14H2,1-5H3,(H,16,17)/b9-8-. The van der Waals surface area contributed by atoms with Crippen molar-refractivity contribution >= 4 is 12.0 Å². The summed E-state index contributed by atoms with van der Waals surface area (Å²) in [7, 11) is 0. The summed E-state index contributed by atoms with van der Waals surface area (Å²) in [5.41, 5.74) is 6.68. The van der Waals surface area contributed by atoms with Gasteiger partial charge in [0, 0.05) is 11.3 Å². The molecule has 1 amide bonds. The molecule has 0 aliphatic carbocycles. The fourth-order valence-corrected chi connectivity index (χ4v) is 1.43. The lowest BCUT2D eigenvalue weighted by Gasteiger charge is -2.26. The molecule has 1 heterocycles. The van der Waals surface area contributed by atoms with Crippen molar-refractivity contribution in [1.29, 1.82) is 0 Å². The van der Waals surface area contributed by atoms with Crippen LogP contribution in [0.2, 0.25) is 0 Å². The van der Waals surface area contributed by atoms with Crippen LogP contribution in [-0.2, 0) is 9.47 Å². The van der Waals surface area contributed by atoms with Crippen molar-refractivity contribution in [3.05, 3.63) is 11.3 Å². The molecule has 0 saturated heterocycles. The fraction of sp³-hybridized carbons (Fsp3) is 0.692. The van der Waals surface area contributed by atoms with E-state index in [1.807, 2.05) is 27.7 Å². The molecule has 0 aromatic rings. The highest BCUT2D eigenvalue weighted by atomic mass is 16.6. The maximum Gasteiger partial charge on any atom is 0.408 e. The smallest absolute Gasteiger partial charge is 0.408 e. The van der Waals surface area contributed by atoms with Crippen LogP contribution in [0.3, 0.4) is 0 Å². The number of alkyl carbamates (subject to hydrolysis) is 1. The second kappa shape index (κ2) is 5.95. The van der Waals surface area contributed by atoms with Gasteiger partial charge in [-0.15, -0.1) is 0 Å². The third-order valence-electron chi connectivity index (χ3n) is 2.51. The molecular formula is C13H23N3O3. The van der Waals surface area contributed by atoms with Crippen molar-refractivity contribution in [1.82, 2.24) is 5.32 Å². The first-order valence-electron chi connectivity index (χ1n) is 6.29. The maximum atomic E-state index is 11.6. The molecule has 108 valence electrons. The largest absolute Gasteiger partial charge is 0.475 e. The molecule has 6 heteroatoms. The number of nitrogens with one attached hydrogen (secondary N) is 1. The molecule has 3 N–H and O–H groups in total. The van der Waals surface area contributed by atoms with E-state index in [0.29, 0.717) is 24.7 Å². The number of aliphatic imine (C=N–C) groups is 1. The van der Waals surface area contributed by atoms with E-state index in [9.17, 15) is 4.79 Å². The molecule has 0 fully saturated rings. The van der Waals surface area contributed by atoms with Gasteiger partial charge < -0.3 is 20.5 Å². The molecule has 6 nitrogen and oxygen atoms in total. The Balaban J connectivity index is 2.51. The summed E-state index contributed by atoms with van der Waals surface area (Å²) in [6.07, 6.45) is -0.456. The predicted molar refractivity (Wildman–Crippen MR) is 74.0 cm³/mol. The zero-order chi connectivity index (χ0) is 14.6. The van der Waals surface area contributed by atoms with Gasteiger partial charge in [-0.3, -0.25) is 0 Å². The average Bonchev–Trinajstić information content (AvgIpc) is 2.26. The van der Waals surface area contributed by atoms with Crippen LogP contribution >= 0.6 is 0 Å². The van der Waals surface area contributed by atoms with Gasteiger partial charge in [0.15, 0.2) is 0 Å². The summed E-state index contributed by atoms with van der Waals surface area (Å²) in [6.45, 7) is 9.93. The number of rotatable bonds is 2. The summed E-state index contributed by atoms with van der Waals surface area (Å²) in [4.78, 5) is 15.9. The van der Waals surface area contributed by atoms with Crippen LogP contribution in [-0.4, -0.2) is 36.8 Å². The second-order valence-electron chi connectivity index (χ2n) is 5.61. The molecule has 1 rings (SSSR count). The Morgan fingerprint density at radius 1 is 1.47 bits per heavy atom. The molecule has 0 aromatic heterocycles. The first-order chi connectivity index (χ1) is 8.69. The summed E-state index contributed by atoms with van der Waals surface area (Å²) in [6, 6.07) is -0.176.